The van der Waals surface area contributed by atoms with Crippen molar-refractivity contribution in [1.82, 2.24) is 5.32 Å². The molecule has 1 fully saturated rings. The van der Waals surface area contributed by atoms with Gasteiger partial charge in [0.2, 0.25) is 5.91 Å². The first kappa shape index (κ1) is 17.3. The van der Waals surface area contributed by atoms with Crippen LogP contribution in [-0.2, 0) is 4.79 Å². The summed E-state index contributed by atoms with van der Waals surface area (Å²) in [7, 11) is 0. The SMILES string of the molecule is NC1CCC(C(=O)N[C@@H](c2ccc(Br)cc2)C(F)(F)F)CC1. The third-order valence-electron chi connectivity index (χ3n) is 3.96. The predicted molar refractivity (Wildman–Crippen MR) is 81.0 cm³/mol. The van der Waals surface area contributed by atoms with Gasteiger partial charge in [-0.3, -0.25) is 4.79 Å². The number of carbonyl (C=O) groups excluding carboxylic acids is 1. The zero-order chi connectivity index (χ0) is 16.3. The molecule has 0 aromatic heterocycles. The van der Waals surface area contributed by atoms with Crippen molar-refractivity contribution in [1.29, 1.82) is 0 Å². The molecule has 1 aliphatic rings. The molecule has 2 rings (SSSR count). The van der Waals surface area contributed by atoms with Gasteiger partial charge in [-0.15, -0.1) is 0 Å². The molecule has 1 saturated carbocycles. The molecule has 1 aromatic rings. The van der Waals surface area contributed by atoms with Crippen LogP contribution in [0.1, 0.15) is 37.3 Å². The van der Waals surface area contributed by atoms with Gasteiger partial charge in [0.1, 0.15) is 0 Å². The molecule has 1 atom stereocenters. The molecule has 3 N–H and O–H groups in total. The topological polar surface area (TPSA) is 55.1 Å². The summed E-state index contributed by atoms with van der Waals surface area (Å²) in [4.78, 5) is 12.1. The molecule has 0 spiro atoms. The second-order valence-corrected chi connectivity index (χ2v) is 6.56. The van der Waals surface area contributed by atoms with Crippen molar-refractivity contribution in [2.75, 3.05) is 0 Å². The first-order valence-electron chi connectivity index (χ1n) is 7.15. The Labute approximate surface area is 135 Å². The van der Waals surface area contributed by atoms with E-state index in [2.05, 4.69) is 21.2 Å². The molecule has 122 valence electrons. The van der Waals surface area contributed by atoms with E-state index in [9.17, 15) is 18.0 Å². The van der Waals surface area contributed by atoms with Crippen molar-refractivity contribution in [3.05, 3.63) is 34.3 Å². The van der Waals surface area contributed by atoms with E-state index in [0.29, 0.717) is 30.2 Å². The summed E-state index contributed by atoms with van der Waals surface area (Å²) in [6.45, 7) is 0. The quantitative estimate of drug-likeness (QED) is 0.842. The van der Waals surface area contributed by atoms with Crippen LogP contribution in [-0.4, -0.2) is 18.1 Å². The lowest BCUT2D eigenvalue weighted by Crippen LogP contribution is -2.42. The van der Waals surface area contributed by atoms with Gasteiger partial charge in [-0.05, 0) is 43.4 Å². The van der Waals surface area contributed by atoms with E-state index in [1.807, 2.05) is 0 Å². The smallest absolute Gasteiger partial charge is 0.341 e. The van der Waals surface area contributed by atoms with E-state index in [0.717, 1.165) is 0 Å². The first-order chi connectivity index (χ1) is 10.3. The zero-order valence-corrected chi connectivity index (χ0v) is 13.5. The fourth-order valence-electron chi connectivity index (χ4n) is 2.65. The highest BCUT2D eigenvalue weighted by Gasteiger charge is 2.42. The predicted octanol–water partition coefficient (Wildman–Crippen LogP) is 3.69. The second-order valence-electron chi connectivity index (χ2n) is 5.65. The minimum atomic E-state index is -4.53. The molecule has 1 amide bonds. The Morgan fingerprint density at radius 2 is 1.73 bits per heavy atom. The molecule has 0 aliphatic heterocycles. The normalized spacial score (nSPS) is 23.9. The lowest BCUT2D eigenvalue weighted by Gasteiger charge is -2.28. The van der Waals surface area contributed by atoms with Gasteiger partial charge in [-0.1, -0.05) is 28.1 Å². The summed E-state index contributed by atoms with van der Waals surface area (Å²) in [5, 5.41) is 2.16. The number of rotatable bonds is 3. The van der Waals surface area contributed by atoms with Crippen LogP contribution in [0.2, 0.25) is 0 Å². The maximum Gasteiger partial charge on any atom is 0.412 e. The number of benzene rings is 1. The summed E-state index contributed by atoms with van der Waals surface area (Å²) >= 11 is 3.18. The third-order valence-corrected chi connectivity index (χ3v) is 4.49. The van der Waals surface area contributed by atoms with E-state index < -0.39 is 18.1 Å². The Morgan fingerprint density at radius 1 is 1.18 bits per heavy atom. The summed E-state index contributed by atoms with van der Waals surface area (Å²) in [6.07, 6.45) is -2.11. The Hall–Kier alpha value is -1.08. The van der Waals surface area contributed by atoms with Crippen LogP contribution in [0.5, 0.6) is 0 Å². The van der Waals surface area contributed by atoms with E-state index in [1.165, 1.54) is 24.3 Å². The van der Waals surface area contributed by atoms with Crippen molar-refractivity contribution in [3.63, 3.8) is 0 Å². The lowest BCUT2D eigenvalue weighted by molar-refractivity contribution is -0.165. The van der Waals surface area contributed by atoms with E-state index >= 15 is 0 Å². The number of nitrogens with two attached hydrogens (primary N) is 1. The maximum atomic E-state index is 13.2. The van der Waals surface area contributed by atoms with Crippen LogP contribution >= 0.6 is 15.9 Å². The minimum absolute atomic E-state index is 0.0246. The van der Waals surface area contributed by atoms with Crippen molar-refractivity contribution in [3.8, 4) is 0 Å². The van der Waals surface area contributed by atoms with Crippen LogP contribution in [0.15, 0.2) is 28.7 Å². The highest BCUT2D eigenvalue weighted by atomic mass is 79.9. The van der Waals surface area contributed by atoms with Gasteiger partial charge < -0.3 is 11.1 Å². The largest absolute Gasteiger partial charge is 0.412 e. The van der Waals surface area contributed by atoms with Gasteiger partial charge in [-0.25, -0.2) is 0 Å². The fourth-order valence-corrected chi connectivity index (χ4v) is 2.92. The van der Waals surface area contributed by atoms with Crippen LogP contribution in [0.3, 0.4) is 0 Å². The molecule has 0 bridgehead atoms. The van der Waals surface area contributed by atoms with E-state index in [-0.39, 0.29) is 17.5 Å². The summed E-state index contributed by atoms with van der Waals surface area (Å²) in [5.41, 5.74) is 5.78. The Balaban J connectivity index is 2.10. The molecular formula is C15H18BrF3N2O. The van der Waals surface area contributed by atoms with Gasteiger partial charge in [-0.2, -0.15) is 13.2 Å². The van der Waals surface area contributed by atoms with E-state index in [4.69, 9.17) is 5.73 Å². The van der Waals surface area contributed by atoms with Crippen LogP contribution in [0.4, 0.5) is 13.2 Å². The Bertz CT molecular complexity index is 511. The molecule has 0 saturated heterocycles. The molecule has 1 aromatic carbocycles. The number of carbonyl (C=O) groups is 1. The molecule has 22 heavy (non-hydrogen) atoms. The zero-order valence-electron chi connectivity index (χ0n) is 11.9. The number of nitrogens with one attached hydrogen (secondary N) is 1. The molecule has 3 nitrogen and oxygen atoms in total. The third kappa shape index (κ3) is 4.46. The molecule has 0 unspecified atom stereocenters. The molecular weight excluding hydrogens is 361 g/mol. The number of alkyl halides is 3. The van der Waals surface area contributed by atoms with Gasteiger partial charge in [0, 0.05) is 16.4 Å². The van der Waals surface area contributed by atoms with Crippen LogP contribution < -0.4 is 11.1 Å². The Morgan fingerprint density at radius 3 is 2.23 bits per heavy atom. The average molecular weight is 379 g/mol. The molecule has 0 radical (unpaired) electrons. The minimum Gasteiger partial charge on any atom is -0.341 e. The molecule has 7 heteroatoms. The van der Waals surface area contributed by atoms with E-state index in [1.54, 1.807) is 0 Å². The molecule has 1 aliphatic carbocycles. The first-order valence-corrected chi connectivity index (χ1v) is 7.95. The fraction of sp³-hybridized carbons (Fsp3) is 0.533. The summed E-state index contributed by atoms with van der Waals surface area (Å²) < 4.78 is 40.4. The van der Waals surface area contributed by atoms with Gasteiger partial charge in [0.25, 0.3) is 0 Å². The molecule has 0 heterocycles. The maximum absolute atomic E-state index is 13.2. The van der Waals surface area contributed by atoms with Crippen LogP contribution in [0.25, 0.3) is 0 Å². The monoisotopic (exact) mass is 378 g/mol. The second kappa shape index (κ2) is 7.00. The summed E-state index contributed by atoms with van der Waals surface area (Å²) in [6, 6.07) is 3.84. The summed E-state index contributed by atoms with van der Waals surface area (Å²) in [5.74, 6) is -0.933. The number of halogens is 4. The van der Waals surface area contributed by atoms with Crippen molar-refractivity contribution in [2.45, 2.75) is 43.9 Å². The standard InChI is InChI=1S/C15H18BrF3N2O/c16-11-5-1-9(2-6-11)13(15(17,18)19)21-14(22)10-3-7-12(20)8-4-10/h1-2,5-6,10,12-13H,3-4,7-8,20H2,(H,21,22)/t10?,12?,13-/m0/s1. The Kier molecular flexibility index (Phi) is 5.50. The number of hydrogen-bond donors (Lipinski definition) is 2. The van der Waals surface area contributed by atoms with Gasteiger partial charge >= 0.3 is 6.18 Å². The van der Waals surface area contributed by atoms with Crippen molar-refractivity contribution >= 4 is 21.8 Å². The number of amides is 1. The highest BCUT2D eigenvalue weighted by molar-refractivity contribution is 9.10. The number of hydrogen-bond acceptors (Lipinski definition) is 2. The van der Waals surface area contributed by atoms with Gasteiger partial charge in [0.05, 0.1) is 0 Å². The van der Waals surface area contributed by atoms with Crippen LogP contribution in [0, 0.1) is 5.92 Å². The van der Waals surface area contributed by atoms with Gasteiger partial charge in [0.15, 0.2) is 6.04 Å². The van der Waals surface area contributed by atoms with Crippen molar-refractivity contribution < 1.29 is 18.0 Å². The highest BCUT2D eigenvalue weighted by Crippen LogP contribution is 2.34. The van der Waals surface area contributed by atoms with Crippen molar-refractivity contribution in [2.24, 2.45) is 11.7 Å². The average Bonchev–Trinajstić information content (AvgIpc) is 2.45. The lowest BCUT2D eigenvalue weighted by atomic mass is 9.85.